The van der Waals surface area contributed by atoms with Crippen LogP contribution in [0.3, 0.4) is 0 Å². The van der Waals surface area contributed by atoms with E-state index in [-0.39, 0.29) is 5.91 Å². The molecule has 0 aliphatic carbocycles. The fraction of sp³-hybridized carbons (Fsp3) is 0.241. The molecule has 0 saturated carbocycles. The van der Waals surface area contributed by atoms with Gasteiger partial charge in [-0.05, 0) is 68.4 Å². The Bertz CT molecular complexity index is 1470. The summed E-state index contributed by atoms with van der Waals surface area (Å²) in [6, 6.07) is 16.8. The molecule has 1 amide bonds. The molecule has 9 heteroatoms. The van der Waals surface area contributed by atoms with Crippen molar-refractivity contribution in [1.82, 2.24) is 14.9 Å². The van der Waals surface area contributed by atoms with Crippen molar-refractivity contribution in [2.24, 2.45) is 0 Å². The minimum Gasteiger partial charge on any atom is -0.619 e. The number of pyridine rings is 1. The lowest BCUT2D eigenvalue weighted by Crippen LogP contribution is -2.44. The molecule has 1 saturated heterocycles. The van der Waals surface area contributed by atoms with E-state index in [4.69, 9.17) is 0 Å². The largest absolute Gasteiger partial charge is 0.619 e. The average Bonchev–Trinajstić information content (AvgIpc) is 2.91. The summed E-state index contributed by atoms with van der Waals surface area (Å²) in [5, 5.41) is 18.0. The van der Waals surface area contributed by atoms with Gasteiger partial charge in [-0.1, -0.05) is 12.1 Å². The number of rotatable bonds is 6. The van der Waals surface area contributed by atoms with E-state index in [1.54, 1.807) is 18.3 Å². The van der Waals surface area contributed by atoms with Gasteiger partial charge in [-0.25, -0.2) is 9.97 Å². The summed E-state index contributed by atoms with van der Waals surface area (Å²) in [4.78, 5) is 26.8. The molecule has 0 radical (unpaired) electrons. The van der Waals surface area contributed by atoms with E-state index in [0.29, 0.717) is 28.5 Å². The number of aromatic nitrogens is 3. The van der Waals surface area contributed by atoms with Crippen molar-refractivity contribution in [1.29, 1.82) is 0 Å². The number of piperazine rings is 1. The third kappa shape index (κ3) is 5.57. The molecule has 9 nitrogen and oxygen atoms in total. The molecule has 1 aliphatic heterocycles. The summed E-state index contributed by atoms with van der Waals surface area (Å²) in [7, 11) is 2.13. The molecule has 0 atom stereocenters. The second-order valence-electron chi connectivity index (χ2n) is 9.57. The van der Waals surface area contributed by atoms with Gasteiger partial charge in [-0.15, -0.1) is 0 Å². The maximum atomic E-state index is 13.3. The Morgan fingerprint density at radius 3 is 2.63 bits per heavy atom. The zero-order valence-corrected chi connectivity index (χ0v) is 21.8. The first-order valence-corrected chi connectivity index (χ1v) is 12.6. The summed E-state index contributed by atoms with van der Waals surface area (Å²) in [5.74, 6) is 0.243. The zero-order chi connectivity index (χ0) is 26.6. The molecule has 0 unspecified atom stereocenters. The Labute approximate surface area is 222 Å². The van der Waals surface area contributed by atoms with Gasteiger partial charge in [0.15, 0.2) is 12.4 Å². The van der Waals surface area contributed by atoms with Crippen LogP contribution in [-0.4, -0.2) is 54.0 Å². The number of carbonyl (C=O) groups is 1. The summed E-state index contributed by atoms with van der Waals surface area (Å²) < 4.78 is 0.739. The summed E-state index contributed by atoms with van der Waals surface area (Å²) in [6.45, 7) is 7.88. The Balaban J connectivity index is 1.33. The van der Waals surface area contributed by atoms with Crippen LogP contribution in [0.1, 0.15) is 21.5 Å². The Hall–Kier alpha value is -4.50. The van der Waals surface area contributed by atoms with E-state index < -0.39 is 0 Å². The quantitative estimate of drug-likeness (QED) is 0.298. The Morgan fingerprint density at radius 2 is 1.84 bits per heavy atom. The molecular formula is C29H31N7O2. The SMILES string of the molecule is Cc1ccc(NC(=O)c2cccc(N3CCN(C)CC3)c2C)cc1Nc1nccc(-c2ccc[n+]([O-])c2)n1. The summed E-state index contributed by atoms with van der Waals surface area (Å²) >= 11 is 0. The molecule has 1 aliphatic rings. The number of amides is 1. The molecular weight excluding hydrogens is 478 g/mol. The fourth-order valence-corrected chi connectivity index (χ4v) is 4.60. The van der Waals surface area contributed by atoms with Crippen LogP contribution in [-0.2, 0) is 0 Å². The minimum atomic E-state index is -0.151. The van der Waals surface area contributed by atoms with E-state index in [2.05, 4.69) is 43.5 Å². The van der Waals surface area contributed by atoms with Crippen LogP contribution in [0, 0.1) is 19.1 Å². The molecule has 4 aromatic rings. The van der Waals surface area contributed by atoms with Crippen LogP contribution in [0.25, 0.3) is 11.3 Å². The van der Waals surface area contributed by atoms with Crippen molar-refractivity contribution in [3.63, 3.8) is 0 Å². The third-order valence-corrected chi connectivity index (χ3v) is 6.86. The third-order valence-electron chi connectivity index (χ3n) is 6.86. The molecule has 38 heavy (non-hydrogen) atoms. The summed E-state index contributed by atoms with van der Waals surface area (Å²) in [6.07, 6.45) is 4.54. The van der Waals surface area contributed by atoms with Crippen LogP contribution in [0.5, 0.6) is 0 Å². The van der Waals surface area contributed by atoms with Gasteiger partial charge in [0.05, 0.1) is 11.3 Å². The molecule has 1 fully saturated rings. The van der Waals surface area contributed by atoms with Gasteiger partial charge < -0.3 is 25.6 Å². The van der Waals surface area contributed by atoms with E-state index in [1.165, 1.54) is 12.4 Å². The van der Waals surface area contributed by atoms with Crippen LogP contribution in [0.15, 0.2) is 73.2 Å². The van der Waals surface area contributed by atoms with Crippen molar-refractivity contribution in [3.8, 4) is 11.3 Å². The molecule has 2 N–H and O–H groups in total. The number of nitrogens with zero attached hydrogens (tertiary/aromatic N) is 5. The van der Waals surface area contributed by atoms with Crippen molar-refractivity contribution in [3.05, 3.63) is 95.1 Å². The second kappa shape index (κ2) is 10.9. The van der Waals surface area contributed by atoms with Gasteiger partial charge in [0.2, 0.25) is 5.95 Å². The molecule has 2 aromatic carbocycles. The van der Waals surface area contributed by atoms with Crippen molar-refractivity contribution in [2.75, 3.05) is 48.8 Å². The lowest BCUT2D eigenvalue weighted by molar-refractivity contribution is -0.604. The predicted molar refractivity (Wildman–Crippen MR) is 150 cm³/mol. The second-order valence-corrected chi connectivity index (χ2v) is 9.57. The lowest BCUT2D eigenvalue weighted by Gasteiger charge is -2.35. The number of likely N-dealkylation sites (N-methyl/N-ethyl adjacent to an activating group) is 1. The first kappa shape index (κ1) is 25.2. The Morgan fingerprint density at radius 1 is 1.03 bits per heavy atom. The number of anilines is 4. The topological polar surface area (TPSA) is 100 Å². The molecule has 0 bridgehead atoms. The minimum absolute atomic E-state index is 0.151. The average molecular weight is 510 g/mol. The maximum Gasteiger partial charge on any atom is 0.256 e. The highest BCUT2D eigenvalue weighted by Crippen LogP contribution is 2.27. The fourth-order valence-electron chi connectivity index (χ4n) is 4.60. The van der Waals surface area contributed by atoms with Crippen molar-refractivity contribution >= 4 is 28.9 Å². The van der Waals surface area contributed by atoms with Crippen LogP contribution >= 0.6 is 0 Å². The van der Waals surface area contributed by atoms with Gasteiger partial charge in [-0.3, -0.25) is 4.79 Å². The number of hydrogen-bond donors (Lipinski definition) is 2. The highest BCUT2D eigenvalue weighted by atomic mass is 16.5. The first-order valence-electron chi connectivity index (χ1n) is 12.6. The number of carbonyl (C=O) groups excluding carboxylic acids is 1. The molecule has 0 spiro atoms. The predicted octanol–water partition coefficient (Wildman–Crippen LogP) is 4.14. The van der Waals surface area contributed by atoms with Crippen molar-refractivity contribution in [2.45, 2.75) is 13.8 Å². The molecule has 2 aromatic heterocycles. The molecule has 5 rings (SSSR count). The van der Waals surface area contributed by atoms with E-state index in [1.807, 2.05) is 50.2 Å². The Kier molecular flexibility index (Phi) is 7.19. The smallest absolute Gasteiger partial charge is 0.256 e. The van der Waals surface area contributed by atoms with Gasteiger partial charge in [-0.2, -0.15) is 4.73 Å². The normalized spacial score (nSPS) is 13.8. The summed E-state index contributed by atoms with van der Waals surface area (Å²) in [5.41, 5.74) is 6.48. The van der Waals surface area contributed by atoms with Crippen LogP contribution in [0.4, 0.5) is 23.0 Å². The molecule has 3 heterocycles. The van der Waals surface area contributed by atoms with E-state index in [9.17, 15) is 10.0 Å². The van der Waals surface area contributed by atoms with Crippen LogP contribution < -0.4 is 20.3 Å². The van der Waals surface area contributed by atoms with E-state index >= 15 is 0 Å². The van der Waals surface area contributed by atoms with Gasteiger partial charge in [0.1, 0.15) is 0 Å². The number of benzene rings is 2. The lowest BCUT2D eigenvalue weighted by atomic mass is 10.0. The first-order chi connectivity index (χ1) is 18.4. The zero-order valence-electron chi connectivity index (χ0n) is 21.8. The highest BCUT2D eigenvalue weighted by Gasteiger charge is 2.19. The van der Waals surface area contributed by atoms with Crippen LogP contribution in [0.2, 0.25) is 0 Å². The highest BCUT2D eigenvalue weighted by molar-refractivity contribution is 6.06. The maximum absolute atomic E-state index is 13.3. The van der Waals surface area contributed by atoms with E-state index in [0.717, 1.165) is 53.4 Å². The van der Waals surface area contributed by atoms with Gasteiger partial charge in [0, 0.05) is 61.1 Å². The standard InChI is InChI=1S/C29H31N7O2/c1-20-9-10-23(18-26(20)33-29-30-12-11-25(32-29)22-6-5-13-36(38)19-22)31-28(37)24-7-4-8-27(21(24)2)35-16-14-34(3)15-17-35/h4-13,18-19H,14-17H2,1-3H3,(H,31,37)(H,30,32,33). The number of nitrogens with one attached hydrogen (secondary N) is 2. The number of aryl methyl sites for hydroxylation is 1. The number of hydrogen-bond acceptors (Lipinski definition) is 7. The van der Waals surface area contributed by atoms with Gasteiger partial charge in [0.25, 0.3) is 5.91 Å². The monoisotopic (exact) mass is 509 g/mol. The van der Waals surface area contributed by atoms with Gasteiger partial charge >= 0.3 is 0 Å². The molecule has 194 valence electrons. The van der Waals surface area contributed by atoms with Crippen molar-refractivity contribution < 1.29 is 9.52 Å².